The Bertz CT molecular complexity index is 361. The van der Waals surface area contributed by atoms with Crippen molar-refractivity contribution in [2.45, 2.75) is 26.8 Å². The minimum atomic E-state index is -3.07. The molecule has 0 heterocycles. The Kier molecular flexibility index (Phi) is 8.57. The van der Waals surface area contributed by atoms with E-state index in [0.29, 0.717) is 5.75 Å². The van der Waals surface area contributed by atoms with Crippen molar-refractivity contribution in [2.24, 2.45) is 5.92 Å². The van der Waals surface area contributed by atoms with E-state index in [4.69, 9.17) is 4.52 Å². The number of hydrogen-bond donors (Lipinski definition) is 1. The summed E-state index contributed by atoms with van der Waals surface area (Å²) in [6, 6.07) is -0.703. The summed E-state index contributed by atoms with van der Waals surface area (Å²) >= 11 is 1.15. The zero-order valence-electron chi connectivity index (χ0n) is 12.0. The van der Waals surface area contributed by atoms with Gasteiger partial charge in [0.25, 0.3) is 7.52 Å². The first-order chi connectivity index (χ1) is 8.69. The van der Waals surface area contributed by atoms with Gasteiger partial charge in [-0.2, -0.15) is 0 Å². The summed E-state index contributed by atoms with van der Waals surface area (Å²) < 4.78 is 21.7. The van der Waals surface area contributed by atoms with Crippen LogP contribution >= 0.6 is 19.3 Å². The lowest BCUT2D eigenvalue weighted by molar-refractivity contribution is -0.142. The lowest BCUT2D eigenvalue weighted by Gasteiger charge is -2.18. The Morgan fingerprint density at radius 3 is 2.37 bits per heavy atom. The van der Waals surface area contributed by atoms with Crippen LogP contribution in [0.4, 0.5) is 0 Å². The van der Waals surface area contributed by atoms with E-state index >= 15 is 0 Å². The largest absolute Gasteiger partial charge is 0.468 e. The van der Waals surface area contributed by atoms with Crippen molar-refractivity contribution in [3.05, 3.63) is 0 Å². The lowest BCUT2D eigenvalue weighted by atomic mass is 10.3. The van der Waals surface area contributed by atoms with Crippen LogP contribution in [0.2, 0.25) is 0 Å². The van der Waals surface area contributed by atoms with E-state index in [1.807, 2.05) is 13.8 Å². The highest BCUT2D eigenvalue weighted by Crippen LogP contribution is 2.38. The van der Waals surface area contributed by atoms with Gasteiger partial charge in [-0.3, -0.25) is 14.2 Å². The second-order valence-corrected chi connectivity index (χ2v) is 7.68. The Labute approximate surface area is 118 Å². The second kappa shape index (κ2) is 8.74. The van der Waals surface area contributed by atoms with Gasteiger partial charge in [-0.15, -0.1) is 0 Å². The third-order valence-electron chi connectivity index (χ3n) is 2.12. The molecule has 0 fully saturated rings. The van der Waals surface area contributed by atoms with Crippen LogP contribution in [0.25, 0.3) is 0 Å². The quantitative estimate of drug-likeness (QED) is 0.416. The molecule has 0 radical (unpaired) electrons. The average molecular weight is 311 g/mol. The minimum Gasteiger partial charge on any atom is -0.468 e. The fraction of sp³-hybridized carbons (Fsp3) is 0.818. The summed E-state index contributed by atoms with van der Waals surface area (Å²) in [5.41, 5.74) is 0. The molecule has 0 aliphatic rings. The maximum atomic E-state index is 12.0. The number of thioether (sulfide) groups is 1. The average Bonchev–Trinajstić information content (AvgIpc) is 2.32. The molecule has 2 atom stereocenters. The van der Waals surface area contributed by atoms with Gasteiger partial charge >= 0.3 is 5.97 Å². The number of nitrogens with one attached hydrogen (secondary N) is 1. The predicted octanol–water partition coefficient (Wildman–Crippen LogP) is 1.89. The molecule has 0 rings (SSSR count). The number of esters is 1. The van der Waals surface area contributed by atoms with Crippen LogP contribution < -0.4 is 5.09 Å². The van der Waals surface area contributed by atoms with Crippen molar-refractivity contribution in [1.29, 1.82) is 0 Å². The van der Waals surface area contributed by atoms with Crippen LogP contribution in [0.3, 0.4) is 0 Å². The first-order valence-electron chi connectivity index (χ1n) is 5.94. The smallest absolute Gasteiger partial charge is 0.323 e. The highest BCUT2D eigenvalue weighted by molar-refractivity contribution is 8.13. The minimum absolute atomic E-state index is 0.0316. The third-order valence-corrected chi connectivity index (χ3v) is 4.78. The van der Waals surface area contributed by atoms with Gasteiger partial charge in [-0.1, -0.05) is 25.6 Å². The molecule has 0 aromatic heterocycles. The topological polar surface area (TPSA) is 81.7 Å². The number of rotatable bonds is 8. The van der Waals surface area contributed by atoms with Crippen molar-refractivity contribution in [1.82, 2.24) is 5.09 Å². The van der Waals surface area contributed by atoms with Gasteiger partial charge in [0.1, 0.15) is 6.04 Å². The lowest BCUT2D eigenvalue weighted by Crippen LogP contribution is -2.33. The molecule has 0 spiro atoms. The molecular formula is C11H22NO5PS. The molecular weight excluding hydrogens is 289 g/mol. The van der Waals surface area contributed by atoms with Crippen LogP contribution in [0.15, 0.2) is 0 Å². The van der Waals surface area contributed by atoms with E-state index < -0.39 is 19.5 Å². The number of methoxy groups -OCH3 is 1. The molecule has 0 aromatic carbocycles. The summed E-state index contributed by atoms with van der Waals surface area (Å²) in [7, 11) is -1.81. The van der Waals surface area contributed by atoms with E-state index in [-0.39, 0.29) is 17.6 Å². The molecule has 8 heteroatoms. The van der Waals surface area contributed by atoms with Gasteiger partial charge in [-0.25, -0.2) is 5.09 Å². The van der Waals surface area contributed by atoms with E-state index in [0.717, 1.165) is 11.8 Å². The summed E-state index contributed by atoms with van der Waals surface area (Å²) in [6.07, 6.45) is 0. The Balaban J connectivity index is 4.01. The van der Waals surface area contributed by atoms with Crippen molar-refractivity contribution >= 4 is 30.4 Å². The summed E-state index contributed by atoms with van der Waals surface area (Å²) in [6.45, 7) is 6.75. The molecule has 112 valence electrons. The standard InChI is InChI=1S/C11H22NO5PS/c1-8(2)11(14)19-7-6-17-18(5,15)12-9(3)10(13)16-4/h8-9H,6-7H2,1-5H3,(H,12,15)/t9-,18?/m0/s1. The summed E-state index contributed by atoms with van der Waals surface area (Å²) in [5.74, 6) is -0.103. The predicted molar refractivity (Wildman–Crippen MR) is 76.4 cm³/mol. The molecule has 6 nitrogen and oxygen atoms in total. The molecule has 1 N–H and O–H groups in total. The van der Waals surface area contributed by atoms with Gasteiger partial charge < -0.3 is 9.26 Å². The van der Waals surface area contributed by atoms with Gasteiger partial charge in [0.2, 0.25) is 0 Å². The highest BCUT2D eigenvalue weighted by Gasteiger charge is 2.23. The van der Waals surface area contributed by atoms with Gasteiger partial charge in [0.05, 0.1) is 13.7 Å². The molecule has 0 amide bonds. The van der Waals surface area contributed by atoms with Crippen LogP contribution in [0.5, 0.6) is 0 Å². The van der Waals surface area contributed by atoms with Crippen molar-refractivity contribution in [2.75, 3.05) is 26.1 Å². The van der Waals surface area contributed by atoms with Gasteiger partial charge in [0.15, 0.2) is 5.12 Å². The zero-order valence-corrected chi connectivity index (χ0v) is 13.7. The molecule has 0 saturated heterocycles. The molecule has 0 saturated carbocycles. The van der Waals surface area contributed by atoms with E-state index in [1.54, 1.807) is 6.92 Å². The Hall–Kier alpha value is -0.360. The second-order valence-electron chi connectivity index (χ2n) is 4.38. The van der Waals surface area contributed by atoms with E-state index in [2.05, 4.69) is 9.82 Å². The molecule has 0 bridgehead atoms. The monoisotopic (exact) mass is 311 g/mol. The Morgan fingerprint density at radius 1 is 1.32 bits per heavy atom. The summed E-state index contributed by atoms with van der Waals surface area (Å²) in [4.78, 5) is 22.5. The molecule has 0 aliphatic heterocycles. The van der Waals surface area contributed by atoms with Crippen LogP contribution in [-0.4, -0.2) is 43.3 Å². The number of carbonyl (C=O) groups excluding carboxylic acids is 2. The number of carbonyl (C=O) groups is 2. The van der Waals surface area contributed by atoms with Crippen molar-refractivity contribution in [3.63, 3.8) is 0 Å². The Morgan fingerprint density at radius 2 is 1.89 bits per heavy atom. The van der Waals surface area contributed by atoms with Crippen LogP contribution in [0.1, 0.15) is 20.8 Å². The number of ether oxygens (including phenoxy) is 1. The fourth-order valence-corrected chi connectivity index (χ4v) is 3.29. The first-order valence-corrected chi connectivity index (χ1v) is 8.99. The van der Waals surface area contributed by atoms with E-state index in [9.17, 15) is 14.2 Å². The van der Waals surface area contributed by atoms with Gasteiger partial charge in [-0.05, 0) is 6.92 Å². The zero-order chi connectivity index (χ0) is 15.1. The summed E-state index contributed by atoms with van der Waals surface area (Å²) in [5, 5.41) is 2.66. The fourth-order valence-electron chi connectivity index (χ4n) is 1.14. The van der Waals surface area contributed by atoms with Crippen molar-refractivity contribution in [3.8, 4) is 0 Å². The van der Waals surface area contributed by atoms with E-state index in [1.165, 1.54) is 13.8 Å². The maximum Gasteiger partial charge on any atom is 0.323 e. The maximum absolute atomic E-state index is 12.0. The first kappa shape index (κ1) is 18.6. The molecule has 19 heavy (non-hydrogen) atoms. The molecule has 0 aromatic rings. The number of hydrogen-bond acceptors (Lipinski definition) is 6. The van der Waals surface area contributed by atoms with Crippen LogP contribution in [-0.2, 0) is 23.4 Å². The normalized spacial score (nSPS) is 15.9. The van der Waals surface area contributed by atoms with Gasteiger partial charge in [0, 0.05) is 18.3 Å². The van der Waals surface area contributed by atoms with Crippen molar-refractivity contribution < 1.29 is 23.4 Å². The SMILES string of the molecule is COC(=O)[C@H](C)NP(C)(=O)OCCSC(=O)C(C)C. The van der Waals surface area contributed by atoms with Crippen LogP contribution in [0, 0.1) is 5.92 Å². The molecule has 0 aliphatic carbocycles. The highest BCUT2D eigenvalue weighted by atomic mass is 32.2. The molecule has 1 unspecified atom stereocenters. The third kappa shape index (κ3) is 8.42.